The second kappa shape index (κ2) is 7.78. The molecule has 2 aromatic rings. The molecule has 0 atom stereocenters. The van der Waals surface area contributed by atoms with Gasteiger partial charge in [-0.15, -0.1) is 11.3 Å². The van der Waals surface area contributed by atoms with E-state index in [1.54, 1.807) is 12.1 Å². The highest BCUT2D eigenvalue weighted by Crippen LogP contribution is 2.20. The Labute approximate surface area is 146 Å². The molecule has 2 rings (SSSR count). The molecule has 1 amide bonds. The zero-order chi connectivity index (χ0) is 17.7. The van der Waals surface area contributed by atoms with Crippen LogP contribution in [0.3, 0.4) is 0 Å². The summed E-state index contributed by atoms with van der Waals surface area (Å²) in [6, 6.07) is 10.8. The molecule has 0 saturated heterocycles. The first-order chi connectivity index (χ1) is 11.3. The predicted molar refractivity (Wildman–Crippen MR) is 97.3 cm³/mol. The molecule has 1 N–H and O–H groups in total. The molecular weight excluding hydrogens is 346 g/mol. The van der Waals surface area contributed by atoms with Crippen LogP contribution in [-0.2, 0) is 21.5 Å². The summed E-state index contributed by atoms with van der Waals surface area (Å²) in [6.07, 6.45) is 0. The summed E-state index contributed by atoms with van der Waals surface area (Å²) in [6.45, 7) is 2.04. The fraction of sp³-hybridized carbons (Fsp3) is 0.312. The number of nitrogens with zero attached hydrogens (tertiary/aromatic N) is 2. The van der Waals surface area contributed by atoms with Gasteiger partial charge >= 0.3 is 10.2 Å². The summed E-state index contributed by atoms with van der Waals surface area (Å²) in [7, 11) is -0.875. The van der Waals surface area contributed by atoms with Crippen molar-refractivity contribution in [2.75, 3.05) is 24.9 Å². The lowest BCUT2D eigenvalue weighted by Gasteiger charge is -2.27. The Kier molecular flexibility index (Phi) is 5.98. The molecule has 0 aliphatic rings. The summed E-state index contributed by atoms with van der Waals surface area (Å²) in [4.78, 5) is 13.2. The molecule has 0 aliphatic heterocycles. The van der Waals surface area contributed by atoms with Gasteiger partial charge in [0.1, 0.15) is 6.54 Å². The van der Waals surface area contributed by atoms with Gasteiger partial charge in [-0.25, -0.2) is 4.31 Å². The van der Waals surface area contributed by atoms with Crippen LogP contribution < -0.4 is 9.62 Å². The maximum absolute atomic E-state index is 12.6. The van der Waals surface area contributed by atoms with E-state index in [0.717, 1.165) is 19.1 Å². The maximum Gasteiger partial charge on any atom is 0.304 e. The van der Waals surface area contributed by atoms with Crippen molar-refractivity contribution in [1.29, 1.82) is 0 Å². The Bertz CT molecular complexity index is 769. The van der Waals surface area contributed by atoms with Gasteiger partial charge in [0.25, 0.3) is 0 Å². The summed E-state index contributed by atoms with van der Waals surface area (Å²) in [5.74, 6) is -0.352. The van der Waals surface area contributed by atoms with Crippen LogP contribution in [0.25, 0.3) is 0 Å². The third kappa shape index (κ3) is 4.56. The van der Waals surface area contributed by atoms with Crippen molar-refractivity contribution in [2.45, 2.75) is 13.5 Å². The second-order valence-corrected chi connectivity index (χ2v) is 8.59. The lowest BCUT2D eigenvalue weighted by molar-refractivity contribution is -0.119. The van der Waals surface area contributed by atoms with E-state index in [-0.39, 0.29) is 12.5 Å². The molecule has 0 unspecified atom stereocenters. The van der Waals surface area contributed by atoms with Gasteiger partial charge in [0.05, 0.1) is 12.2 Å². The van der Waals surface area contributed by atoms with E-state index in [1.165, 1.54) is 25.4 Å². The summed E-state index contributed by atoms with van der Waals surface area (Å²) in [5.41, 5.74) is 1.48. The molecule has 0 saturated carbocycles. The third-order valence-corrected chi connectivity index (χ3v) is 6.09. The van der Waals surface area contributed by atoms with Crippen LogP contribution in [-0.4, -0.2) is 39.3 Å². The smallest absolute Gasteiger partial charge is 0.304 e. The number of amides is 1. The number of carbonyl (C=O) groups is 1. The van der Waals surface area contributed by atoms with Gasteiger partial charge < -0.3 is 5.32 Å². The van der Waals surface area contributed by atoms with Crippen LogP contribution in [0.2, 0.25) is 0 Å². The molecule has 1 aromatic carbocycles. The molecular formula is C16H21N3O3S2. The number of hydrogen-bond acceptors (Lipinski definition) is 4. The highest BCUT2D eigenvalue weighted by molar-refractivity contribution is 7.90. The van der Waals surface area contributed by atoms with E-state index in [0.29, 0.717) is 12.2 Å². The first-order valence-corrected chi connectivity index (χ1v) is 9.64. The van der Waals surface area contributed by atoms with Crippen molar-refractivity contribution < 1.29 is 13.2 Å². The highest BCUT2D eigenvalue weighted by Gasteiger charge is 2.27. The van der Waals surface area contributed by atoms with E-state index >= 15 is 0 Å². The minimum atomic E-state index is -3.76. The molecule has 1 heterocycles. The van der Waals surface area contributed by atoms with Gasteiger partial charge in [0.2, 0.25) is 5.91 Å². The molecule has 0 bridgehead atoms. The Morgan fingerprint density at radius 1 is 1.17 bits per heavy atom. The zero-order valence-corrected chi connectivity index (χ0v) is 15.5. The molecule has 0 spiro atoms. The number of hydrogen-bond donors (Lipinski definition) is 1. The lowest BCUT2D eigenvalue weighted by Crippen LogP contribution is -2.45. The lowest BCUT2D eigenvalue weighted by atomic mass is 10.2. The van der Waals surface area contributed by atoms with E-state index in [2.05, 4.69) is 5.32 Å². The maximum atomic E-state index is 12.6. The van der Waals surface area contributed by atoms with E-state index in [4.69, 9.17) is 0 Å². The standard InChI is InChI=1S/C16H21N3O3S2/c1-13-6-8-14(9-7-13)19(24(21,22)18(2)3)12-16(20)17-11-15-5-4-10-23-15/h4-10H,11-12H2,1-3H3,(H,17,20). The SMILES string of the molecule is Cc1ccc(N(CC(=O)NCc2cccs2)S(=O)(=O)N(C)C)cc1. The van der Waals surface area contributed by atoms with Crippen molar-refractivity contribution >= 4 is 33.1 Å². The van der Waals surface area contributed by atoms with Crippen LogP contribution in [0.1, 0.15) is 10.4 Å². The monoisotopic (exact) mass is 367 g/mol. The molecule has 0 fully saturated rings. The number of aryl methyl sites for hydroxylation is 1. The normalized spacial score (nSPS) is 11.5. The fourth-order valence-corrected chi connectivity index (χ4v) is 3.71. The van der Waals surface area contributed by atoms with E-state index < -0.39 is 10.2 Å². The van der Waals surface area contributed by atoms with Crippen molar-refractivity contribution in [3.63, 3.8) is 0 Å². The van der Waals surface area contributed by atoms with Gasteiger partial charge in [0.15, 0.2) is 0 Å². The Hall–Kier alpha value is -1.90. The van der Waals surface area contributed by atoms with Crippen LogP contribution in [0.15, 0.2) is 41.8 Å². The van der Waals surface area contributed by atoms with Crippen molar-refractivity contribution in [3.05, 3.63) is 52.2 Å². The van der Waals surface area contributed by atoms with Gasteiger partial charge in [-0.3, -0.25) is 4.79 Å². The average Bonchev–Trinajstić information content (AvgIpc) is 3.05. The molecule has 24 heavy (non-hydrogen) atoms. The second-order valence-electron chi connectivity index (χ2n) is 5.49. The number of thiophene rings is 1. The number of nitrogens with one attached hydrogen (secondary N) is 1. The number of rotatable bonds is 7. The highest BCUT2D eigenvalue weighted by atomic mass is 32.2. The van der Waals surface area contributed by atoms with E-state index in [1.807, 2.05) is 36.6 Å². The number of carbonyl (C=O) groups excluding carboxylic acids is 1. The van der Waals surface area contributed by atoms with Gasteiger partial charge in [0, 0.05) is 19.0 Å². The Morgan fingerprint density at radius 3 is 2.38 bits per heavy atom. The number of benzene rings is 1. The van der Waals surface area contributed by atoms with Gasteiger partial charge in [-0.1, -0.05) is 23.8 Å². The first-order valence-electron chi connectivity index (χ1n) is 7.36. The average molecular weight is 367 g/mol. The fourth-order valence-electron chi connectivity index (χ4n) is 2.00. The molecule has 0 aliphatic carbocycles. The third-order valence-electron chi connectivity index (χ3n) is 3.39. The minimum Gasteiger partial charge on any atom is -0.350 e. The van der Waals surface area contributed by atoms with Gasteiger partial charge in [-0.2, -0.15) is 12.7 Å². The van der Waals surface area contributed by atoms with Crippen molar-refractivity contribution in [1.82, 2.24) is 9.62 Å². The Morgan fingerprint density at radius 2 is 1.83 bits per heavy atom. The van der Waals surface area contributed by atoms with Crippen molar-refractivity contribution in [2.24, 2.45) is 0 Å². The number of anilines is 1. The quantitative estimate of drug-likeness (QED) is 0.814. The summed E-state index contributed by atoms with van der Waals surface area (Å²) in [5, 5.41) is 4.68. The molecule has 8 heteroatoms. The van der Waals surface area contributed by atoms with Crippen molar-refractivity contribution in [3.8, 4) is 0 Å². The zero-order valence-electron chi connectivity index (χ0n) is 13.9. The van der Waals surface area contributed by atoms with Crippen LogP contribution in [0.4, 0.5) is 5.69 Å². The Balaban J connectivity index is 2.16. The first kappa shape index (κ1) is 18.4. The largest absolute Gasteiger partial charge is 0.350 e. The van der Waals surface area contributed by atoms with Crippen LogP contribution in [0.5, 0.6) is 0 Å². The summed E-state index contributed by atoms with van der Waals surface area (Å²) < 4.78 is 27.3. The van der Waals surface area contributed by atoms with Crippen LogP contribution >= 0.6 is 11.3 Å². The minimum absolute atomic E-state index is 0.269. The van der Waals surface area contributed by atoms with Crippen LogP contribution in [0, 0.1) is 6.92 Å². The van der Waals surface area contributed by atoms with Gasteiger partial charge in [-0.05, 0) is 30.5 Å². The predicted octanol–water partition coefficient (Wildman–Crippen LogP) is 1.99. The molecule has 1 aromatic heterocycles. The molecule has 0 radical (unpaired) electrons. The topological polar surface area (TPSA) is 69.7 Å². The molecule has 130 valence electrons. The molecule has 6 nitrogen and oxygen atoms in total. The summed E-state index contributed by atoms with van der Waals surface area (Å²) >= 11 is 1.54. The van der Waals surface area contributed by atoms with E-state index in [9.17, 15) is 13.2 Å².